The van der Waals surface area contributed by atoms with Crippen LogP contribution in [0.25, 0.3) is 0 Å². The average Bonchev–Trinajstić information content (AvgIpc) is 3.30. The van der Waals surface area contributed by atoms with Crippen molar-refractivity contribution in [1.82, 2.24) is 15.8 Å². The van der Waals surface area contributed by atoms with Crippen LogP contribution < -0.4 is 10.9 Å². The fourth-order valence-electron chi connectivity index (χ4n) is 2.59. The Labute approximate surface area is 209 Å². The predicted molar refractivity (Wildman–Crippen MR) is 129 cm³/mol. The van der Waals surface area contributed by atoms with Crippen molar-refractivity contribution < 1.29 is 18.4 Å². The number of carbonyl (C=O) groups is 2. The van der Waals surface area contributed by atoms with E-state index in [0.29, 0.717) is 37.7 Å². The van der Waals surface area contributed by atoms with E-state index in [1.165, 1.54) is 12.4 Å². The summed E-state index contributed by atoms with van der Waals surface area (Å²) < 4.78 is 13.2. The zero-order valence-electron chi connectivity index (χ0n) is 15.8. The fourth-order valence-corrected chi connectivity index (χ4v) is 3.81. The van der Waals surface area contributed by atoms with Crippen molar-refractivity contribution >= 4 is 88.0 Å². The number of rotatable bonds is 6. The van der Waals surface area contributed by atoms with Gasteiger partial charge < -0.3 is 13.8 Å². The third-order valence-corrected chi connectivity index (χ3v) is 7.36. The first kappa shape index (κ1) is 23.7. The molecule has 0 fully saturated rings. The van der Waals surface area contributed by atoms with Crippen molar-refractivity contribution in [3.63, 3.8) is 0 Å². The number of carbonyl (C=O) groups excluding carboxylic acids is 2. The summed E-state index contributed by atoms with van der Waals surface area (Å²) in [5.74, 6) is -0.100. The Morgan fingerprint density at radius 3 is 1.84 bits per heavy atom. The first-order valence-corrected chi connectivity index (χ1v) is 11.6. The molecule has 0 aromatic carbocycles. The summed E-state index contributed by atoms with van der Waals surface area (Å²) in [5, 5.41) is 7.75. The van der Waals surface area contributed by atoms with E-state index in [0.717, 1.165) is 8.95 Å². The van der Waals surface area contributed by atoms with Gasteiger partial charge in [-0.25, -0.2) is 10.9 Å². The summed E-state index contributed by atoms with van der Waals surface area (Å²) in [6.07, 6.45) is 2.71. The lowest BCUT2D eigenvalue weighted by atomic mass is 10.1. The molecule has 0 saturated carbocycles. The Bertz CT molecular complexity index is 1170. The van der Waals surface area contributed by atoms with Gasteiger partial charge in [-0.15, -0.1) is 0 Å². The van der Waals surface area contributed by atoms with Gasteiger partial charge in [-0.3, -0.25) is 9.59 Å². The van der Waals surface area contributed by atoms with Gasteiger partial charge in [-0.1, -0.05) is 0 Å². The number of halogens is 4. The van der Waals surface area contributed by atoms with Gasteiger partial charge in [-0.05, 0) is 83.1 Å². The number of aryl methyl sites for hydroxylation is 1. The quantitative estimate of drug-likeness (QED) is 0.238. The van der Waals surface area contributed by atoms with E-state index in [1.807, 2.05) is 0 Å². The zero-order valence-corrected chi connectivity index (χ0v) is 22.2. The van der Waals surface area contributed by atoms with Crippen LogP contribution >= 0.6 is 63.7 Å². The number of H-pyrrole nitrogens is 1. The largest absolute Gasteiger partial charge is 0.447 e. The number of aromatic nitrogens is 1. The molecule has 0 aliphatic carbocycles. The van der Waals surface area contributed by atoms with E-state index >= 15 is 0 Å². The molecule has 3 N–H and O–H groups in total. The Balaban J connectivity index is 1.67. The van der Waals surface area contributed by atoms with Gasteiger partial charge in [0.2, 0.25) is 0 Å². The summed E-state index contributed by atoms with van der Waals surface area (Å²) in [5.41, 5.74) is 6.32. The standard InChI is InChI=1S/C18H13Br4N5O4/c1-7-13(17(28)26-23-5-9-3-11(19)15(21)30-9)8(2)25-14(7)18(29)27-24-6-10-4-12(20)16(22)31-10/h3-6,25H,1-2H3,(H,26,28)(H,27,29)/b23-5-,24-6-. The molecule has 0 aliphatic heterocycles. The molecule has 162 valence electrons. The number of hydrazone groups is 2. The van der Waals surface area contributed by atoms with Crippen LogP contribution in [0.4, 0.5) is 0 Å². The number of hydrogen-bond donors (Lipinski definition) is 3. The second kappa shape index (κ2) is 10.1. The minimum atomic E-state index is -0.505. The van der Waals surface area contributed by atoms with Crippen LogP contribution in [0.5, 0.6) is 0 Å². The van der Waals surface area contributed by atoms with E-state index in [1.54, 1.807) is 26.0 Å². The first-order chi connectivity index (χ1) is 14.7. The maximum atomic E-state index is 12.5. The minimum Gasteiger partial charge on any atom is -0.447 e. The molecule has 3 aromatic rings. The summed E-state index contributed by atoms with van der Waals surface area (Å²) >= 11 is 13.0. The summed E-state index contributed by atoms with van der Waals surface area (Å²) in [7, 11) is 0. The Kier molecular flexibility index (Phi) is 7.73. The maximum Gasteiger partial charge on any atom is 0.288 e. The highest BCUT2D eigenvalue weighted by Crippen LogP contribution is 2.26. The SMILES string of the molecule is Cc1[nH]c(C(=O)N/N=C\c2cc(Br)c(Br)o2)c(C)c1C(=O)N/N=C\c1cc(Br)c(Br)o1. The highest BCUT2D eigenvalue weighted by atomic mass is 79.9. The van der Waals surface area contributed by atoms with Crippen molar-refractivity contribution in [2.75, 3.05) is 0 Å². The van der Waals surface area contributed by atoms with Crippen molar-refractivity contribution in [1.29, 1.82) is 0 Å². The van der Waals surface area contributed by atoms with Gasteiger partial charge in [0.25, 0.3) is 11.8 Å². The van der Waals surface area contributed by atoms with Crippen molar-refractivity contribution in [2.24, 2.45) is 10.2 Å². The fraction of sp³-hybridized carbons (Fsp3) is 0.111. The van der Waals surface area contributed by atoms with E-state index in [-0.39, 0.29) is 5.69 Å². The van der Waals surface area contributed by atoms with Crippen molar-refractivity contribution in [3.8, 4) is 0 Å². The lowest BCUT2D eigenvalue weighted by Gasteiger charge is -2.01. The molecule has 9 nitrogen and oxygen atoms in total. The van der Waals surface area contributed by atoms with Gasteiger partial charge >= 0.3 is 0 Å². The highest BCUT2D eigenvalue weighted by molar-refractivity contribution is 9.13. The minimum absolute atomic E-state index is 0.212. The molecule has 31 heavy (non-hydrogen) atoms. The Hall–Kier alpha value is -1.96. The molecule has 0 radical (unpaired) electrons. The third kappa shape index (κ3) is 5.64. The number of amides is 2. The smallest absolute Gasteiger partial charge is 0.288 e. The van der Waals surface area contributed by atoms with Gasteiger partial charge in [0.05, 0.1) is 26.9 Å². The summed E-state index contributed by atoms with van der Waals surface area (Å²) in [4.78, 5) is 27.9. The first-order valence-electron chi connectivity index (χ1n) is 8.43. The van der Waals surface area contributed by atoms with Crippen LogP contribution in [0.3, 0.4) is 0 Å². The van der Waals surface area contributed by atoms with Crippen LogP contribution in [0, 0.1) is 13.8 Å². The number of nitrogens with zero attached hydrogens (tertiary/aromatic N) is 2. The number of furan rings is 2. The van der Waals surface area contributed by atoms with Gasteiger partial charge in [0, 0.05) is 17.8 Å². The average molecular weight is 683 g/mol. The molecule has 0 spiro atoms. The van der Waals surface area contributed by atoms with Crippen LogP contribution in [0.15, 0.2) is 49.5 Å². The normalized spacial score (nSPS) is 11.5. The second-order valence-electron chi connectivity index (χ2n) is 6.06. The molecule has 3 aromatic heterocycles. The van der Waals surface area contributed by atoms with Gasteiger partial charge in [0.1, 0.15) is 17.2 Å². The molecular weight excluding hydrogens is 670 g/mol. The number of hydrogen-bond acceptors (Lipinski definition) is 6. The van der Waals surface area contributed by atoms with Crippen molar-refractivity contribution in [2.45, 2.75) is 13.8 Å². The molecule has 0 atom stereocenters. The number of aromatic amines is 1. The Morgan fingerprint density at radius 1 is 0.903 bits per heavy atom. The molecule has 2 amide bonds. The molecule has 3 heterocycles. The monoisotopic (exact) mass is 679 g/mol. The van der Waals surface area contributed by atoms with Crippen LogP contribution in [-0.2, 0) is 0 Å². The third-order valence-electron chi connectivity index (χ3n) is 3.94. The Morgan fingerprint density at radius 2 is 1.39 bits per heavy atom. The summed E-state index contributed by atoms with van der Waals surface area (Å²) in [6, 6.07) is 3.38. The molecule has 0 saturated heterocycles. The molecule has 0 bridgehead atoms. The van der Waals surface area contributed by atoms with E-state index in [4.69, 9.17) is 8.83 Å². The van der Waals surface area contributed by atoms with Crippen LogP contribution in [0.1, 0.15) is 43.6 Å². The molecule has 3 rings (SSSR count). The van der Waals surface area contributed by atoms with E-state index < -0.39 is 11.8 Å². The van der Waals surface area contributed by atoms with E-state index in [2.05, 4.69) is 89.8 Å². The van der Waals surface area contributed by atoms with Gasteiger partial charge in [0.15, 0.2) is 9.34 Å². The van der Waals surface area contributed by atoms with Crippen LogP contribution in [0.2, 0.25) is 0 Å². The topological polar surface area (TPSA) is 125 Å². The molecular formula is C18H13Br4N5O4. The maximum absolute atomic E-state index is 12.5. The molecule has 0 aliphatic rings. The lowest BCUT2D eigenvalue weighted by Crippen LogP contribution is -2.21. The second-order valence-corrected chi connectivity index (χ2v) is 9.21. The predicted octanol–water partition coefficient (Wildman–Crippen LogP) is 5.40. The lowest BCUT2D eigenvalue weighted by molar-refractivity contribution is 0.0948. The highest BCUT2D eigenvalue weighted by Gasteiger charge is 2.21. The molecule has 0 unspecified atom stereocenters. The van der Waals surface area contributed by atoms with Crippen LogP contribution in [-0.4, -0.2) is 29.2 Å². The number of nitrogens with one attached hydrogen (secondary N) is 3. The molecule has 13 heteroatoms. The summed E-state index contributed by atoms with van der Waals surface area (Å²) in [6.45, 7) is 3.34. The van der Waals surface area contributed by atoms with E-state index in [9.17, 15) is 9.59 Å². The zero-order chi connectivity index (χ0) is 22.7. The van der Waals surface area contributed by atoms with Crippen molar-refractivity contribution in [3.05, 3.63) is 64.5 Å². The van der Waals surface area contributed by atoms with Gasteiger partial charge in [-0.2, -0.15) is 10.2 Å².